The lowest BCUT2D eigenvalue weighted by Gasteiger charge is -2.32. The van der Waals surface area contributed by atoms with Crippen molar-refractivity contribution >= 4 is 63.7 Å². The Morgan fingerprint density at radius 1 is 0.952 bits per heavy atom. The van der Waals surface area contributed by atoms with Crippen molar-refractivity contribution in [1.29, 1.82) is 0 Å². The minimum absolute atomic E-state index is 0.170. The zero-order chi connectivity index (χ0) is 15.5. The van der Waals surface area contributed by atoms with E-state index in [0.717, 1.165) is 25.2 Å². The number of hydrogen-bond donors (Lipinski definition) is 0. The summed E-state index contributed by atoms with van der Waals surface area (Å²) < 4.78 is 16.1. The fraction of sp³-hybridized carbons (Fsp3) is 0.250. The highest BCUT2D eigenvalue weighted by atomic mass is 79.9. The Hall–Kier alpha value is 0.290. The second kappa shape index (κ2) is 7.71. The van der Waals surface area contributed by atoms with Crippen molar-refractivity contribution in [3.05, 3.63) is 68.4 Å². The quantitative estimate of drug-likeness (QED) is 0.372. The summed E-state index contributed by atoms with van der Waals surface area (Å²) in [7, 11) is 0. The molecular formula is C16H13Br4F. The number of hydrogen-bond acceptors (Lipinski definition) is 0. The summed E-state index contributed by atoms with van der Waals surface area (Å²) in [4.78, 5) is 0. The zero-order valence-electron chi connectivity index (χ0n) is 11.1. The van der Waals surface area contributed by atoms with Crippen LogP contribution in [0.3, 0.4) is 0 Å². The Balaban J connectivity index is 2.48. The van der Waals surface area contributed by atoms with E-state index < -0.39 is 0 Å². The number of alkyl halides is 2. The van der Waals surface area contributed by atoms with Gasteiger partial charge >= 0.3 is 0 Å². The van der Waals surface area contributed by atoms with Gasteiger partial charge in [-0.05, 0) is 41.8 Å². The summed E-state index contributed by atoms with van der Waals surface area (Å²) in [5.41, 5.74) is 1.65. The highest BCUT2D eigenvalue weighted by Gasteiger charge is 2.33. The molecule has 21 heavy (non-hydrogen) atoms. The Morgan fingerprint density at radius 2 is 1.62 bits per heavy atom. The second-order valence-corrected chi connectivity index (χ2v) is 7.83. The van der Waals surface area contributed by atoms with Crippen LogP contribution in [-0.2, 0) is 11.8 Å². The summed E-state index contributed by atoms with van der Waals surface area (Å²) in [6.07, 6.45) is 0.609. The van der Waals surface area contributed by atoms with E-state index in [1.165, 1.54) is 6.07 Å². The lowest BCUT2D eigenvalue weighted by atomic mass is 9.79. The first-order chi connectivity index (χ1) is 10.0. The van der Waals surface area contributed by atoms with Crippen LogP contribution in [0.1, 0.15) is 11.1 Å². The van der Waals surface area contributed by atoms with Crippen molar-refractivity contribution in [1.82, 2.24) is 0 Å². The molecule has 2 aromatic rings. The van der Waals surface area contributed by atoms with Gasteiger partial charge in [0.25, 0.3) is 0 Å². The molecule has 0 aliphatic carbocycles. The van der Waals surface area contributed by atoms with Gasteiger partial charge < -0.3 is 0 Å². The van der Waals surface area contributed by atoms with E-state index in [1.54, 1.807) is 6.07 Å². The van der Waals surface area contributed by atoms with Crippen LogP contribution < -0.4 is 0 Å². The average molecular weight is 544 g/mol. The van der Waals surface area contributed by atoms with Crippen molar-refractivity contribution in [3.63, 3.8) is 0 Å². The fourth-order valence-electron chi connectivity index (χ4n) is 2.30. The van der Waals surface area contributed by atoms with Crippen molar-refractivity contribution in [2.24, 2.45) is 0 Å². The van der Waals surface area contributed by atoms with E-state index in [4.69, 9.17) is 0 Å². The van der Waals surface area contributed by atoms with E-state index >= 15 is 0 Å². The molecule has 0 spiro atoms. The lowest BCUT2D eigenvalue weighted by molar-refractivity contribution is 0.520. The molecule has 0 aromatic heterocycles. The van der Waals surface area contributed by atoms with Crippen molar-refractivity contribution in [3.8, 4) is 0 Å². The Bertz CT molecular complexity index is 623. The molecule has 112 valence electrons. The average Bonchev–Trinajstić information content (AvgIpc) is 2.49. The van der Waals surface area contributed by atoms with Gasteiger partial charge in [0.1, 0.15) is 5.82 Å². The summed E-state index contributed by atoms with van der Waals surface area (Å²) in [5.74, 6) is -0.170. The van der Waals surface area contributed by atoms with Crippen LogP contribution in [0, 0.1) is 5.82 Å². The Morgan fingerprint density at radius 3 is 2.24 bits per heavy atom. The SMILES string of the molecule is Fc1ccc(Br)cc1CC(CBr)(CBr)c1ccccc1Br. The Labute approximate surface area is 158 Å². The van der Waals surface area contributed by atoms with Crippen LogP contribution in [0.4, 0.5) is 4.39 Å². The van der Waals surface area contributed by atoms with Crippen LogP contribution >= 0.6 is 63.7 Å². The molecule has 0 atom stereocenters. The predicted molar refractivity (Wildman–Crippen MR) is 101 cm³/mol. The molecule has 0 aliphatic rings. The lowest BCUT2D eigenvalue weighted by Crippen LogP contribution is -2.33. The predicted octanol–water partition coefficient (Wildman–Crippen LogP) is 6.62. The monoisotopic (exact) mass is 540 g/mol. The van der Waals surface area contributed by atoms with E-state index in [1.807, 2.05) is 24.3 Å². The highest BCUT2D eigenvalue weighted by Crippen LogP contribution is 2.37. The van der Waals surface area contributed by atoms with Gasteiger partial charge in [-0.1, -0.05) is 81.9 Å². The Kier molecular flexibility index (Phi) is 6.48. The third kappa shape index (κ3) is 3.98. The maximum Gasteiger partial charge on any atom is 0.126 e. The fourth-order valence-corrected chi connectivity index (χ4v) is 5.35. The topological polar surface area (TPSA) is 0 Å². The molecule has 0 bridgehead atoms. The van der Waals surface area contributed by atoms with Gasteiger partial charge in [-0.2, -0.15) is 0 Å². The number of benzene rings is 2. The van der Waals surface area contributed by atoms with E-state index in [2.05, 4.69) is 69.8 Å². The van der Waals surface area contributed by atoms with E-state index in [9.17, 15) is 4.39 Å². The first-order valence-electron chi connectivity index (χ1n) is 6.33. The minimum Gasteiger partial charge on any atom is -0.207 e. The third-order valence-electron chi connectivity index (χ3n) is 3.49. The second-order valence-electron chi connectivity index (χ2n) is 4.94. The molecule has 5 heteroatoms. The molecule has 0 heterocycles. The molecule has 0 nitrogen and oxygen atoms in total. The first kappa shape index (κ1) is 17.6. The highest BCUT2D eigenvalue weighted by molar-refractivity contribution is 9.11. The normalized spacial score (nSPS) is 11.7. The molecule has 2 aromatic carbocycles. The molecule has 0 amide bonds. The van der Waals surface area contributed by atoms with Gasteiger partial charge in [-0.3, -0.25) is 0 Å². The van der Waals surface area contributed by atoms with Crippen LogP contribution in [-0.4, -0.2) is 10.7 Å². The van der Waals surface area contributed by atoms with Gasteiger partial charge in [0.05, 0.1) is 0 Å². The van der Waals surface area contributed by atoms with Crippen LogP contribution in [0.5, 0.6) is 0 Å². The van der Waals surface area contributed by atoms with Gasteiger partial charge in [0, 0.05) is 25.0 Å². The molecule has 0 saturated heterocycles. The largest absolute Gasteiger partial charge is 0.207 e. The van der Waals surface area contributed by atoms with Gasteiger partial charge in [-0.25, -0.2) is 4.39 Å². The molecule has 0 unspecified atom stereocenters. The standard InChI is InChI=1S/C16H13Br4F/c17-9-16(10-18,13-3-1-2-4-14(13)20)8-11-7-12(19)5-6-15(11)21/h1-7H,8-10H2. The van der Waals surface area contributed by atoms with Gasteiger partial charge in [0.2, 0.25) is 0 Å². The van der Waals surface area contributed by atoms with Crippen LogP contribution in [0.2, 0.25) is 0 Å². The minimum atomic E-state index is -0.221. The van der Waals surface area contributed by atoms with Crippen LogP contribution in [0.25, 0.3) is 0 Å². The summed E-state index contributed by atoms with van der Waals surface area (Å²) in [6, 6.07) is 13.2. The smallest absolute Gasteiger partial charge is 0.126 e. The van der Waals surface area contributed by atoms with Crippen molar-refractivity contribution in [2.45, 2.75) is 11.8 Å². The maximum absolute atomic E-state index is 14.1. The molecule has 0 aliphatic heterocycles. The van der Waals surface area contributed by atoms with Crippen LogP contribution in [0.15, 0.2) is 51.4 Å². The third-order valence-corrected chi connectivity index (χ3v) is 6.82. The molecule has 0 N–H and O–H groups in total. The summed E-state index contributed by atoms with van der Waals surface area (Å²) in [6.45, 7) is 0. The number of rotatable bonds is 5. The van der Waals surface area contributed by atoms with Gasteiger partial charge in [-0.15, -0.1) is 0 Å². The maximum atomic E-state index is 14.1. The summed E-state index contributed by atoms with van der Waals surface area (Å²) >= 11 is 14.3. The first-order valence-corrected chi connectivity index (χ1v) is 10.2. The summed E-state index contributed by atoms with van der Waals surface area (Å²) in [5, 5.41) is 1.47. The van der Waals surface area contributed by atoms with E-state index in [-0.39, 0.29) is 11.2 Å². The number of halogens is 5. The van der Waals surface area contributed by atoms with E-state index in [0.29, 0.717) is 12.0 Å². The zero-order valence-corrected chi connectivity index (χ0v) is 17.4. The molecule has 0 radical (unpaired) electrons. The molecule has 0 saturated carbocycles. The van der Waals surface area contributed by atoms with Crippen molar-refractivity contribution in [2.75, 3.05) is 10.7 Å². The van der Waals surface area contributed by atoms with Gasteiger partial charge in [0.15, 0.2) is 0 Å². The molecule has 0 fully saturated rings. The van der Waals surface area contributed by atoms with Crippen molar-refractivity contribution < 1.29 is 4.39 Å². The molecule has 2 rings (SSSR count). The molecular weight excluding hydrogens is 531 g/mol.